The van der Waals surface area contributed by atoms with E-state index in [1.54, 1.807) is 6.92 Å². The lowest BCUT2D eigenvalue weighted by Crippen LogP contribution is -2.65. The Morgan fingerprint density at radius 1 is 1.10 bits per heavy atom. The van der Waals surface area contributed by atoms with Crippen molar-refractivity contribution in [1.29, 1.82) is 0 Å². The first kappa shape index (κ1) is 18.5. The zero-order valence-electron chi connectivity index (χ0n) is 16.7. The van der Waals surface area contributed by atoms with Crippen molar-refractivity contribution < 1.29 is 43.9 Å². The molecule has 2 saturated carbocycles. The molecular formula is C20H26O9. The first-order valence-corrected chi connectivity index (χ1v) is 10.2. The number of ether oxygens (including phenoxy) is 4. The van der Waals surface area contributed by atoms with Gasteiger partial charge in [0.25, 0.3) is 0 Å². The van der Waals surface area contributed by atoms with Gasteiger partial charge in [-0.05, 0) is 5.41 Å². The van der Waals surface area contributed by atoms with Crippen LogP contribution in [0.15, 0.2) is 0 Å². The van der Waals surface area contributed by atoms with Gasteiger partial charge in [-0.3, -0.25) is 4.79 Å². The van der Waals surface area contributed by atoms with Crippen LogP contribution in [-0.4, -0.2) is 75.8 Å². The first-order valence-electron chi connectivity index (χ1n) is 10.2. The van der Waals surface area contributed by atoms with E-state index in [1.165, 1.54) is 0 Å². The molecule has 0 aromatic heterocycles. The van der Waals surface area contributed by atoms with Gasteiger partial charge in [-0.2, -0.15) is 0 Å². The molecule has 0 aromatic carbocycles. The predicted molar refractivity (Wildman–Crippen MR) is 91.9 cm³/mol. The molecule has 6 unspecified atom stereocenters. The van der Waals surface area contributed by atoms with E-state index in [4.69, 9.17) is 18.9 Å². The van der Waals surface area contributed by atoms with Crippen LogP contribution >= 0.6 is 0 Å². The average Bonchev–Trinajstić information content (AvgIpc) is 3.30. The second-order valence-corrected chi connectivity index (χ2v) is 10.8. The van der Waals surface area contributed by atoms with Crippen molar-refractivity contribution in [3.05, 3.63) is 0 Å². The van der Waals surface area contributed by atoms with E-state index in [-0.39, 0.29) is 13.0 Å². The van der Waals surface area contributed by atoms with Crippen molar-refractivity contribution in [3.8, 4) is 0 Å². The highest BCUT2D eigenvalue weighted by atomic mass is 16.7. The van der Waals surface area contributed by atoms with Crippen molar-refractivity contribution in [2.24, 2.45) is 28.1 Å². The Hall–Kier alpha value is -1.26. The predicted octanol–water partition coefficient (Wildman–Crippen LogP) is -0.896. The topological polar surface area (TPSA) is 132 Å². The van der Waals surface area contributed by atoms with Crippen molar-refractivity contribution in [2.75, 3.05) is 6.61 Å². The van der Waals surface area contributed by atoms with E-state index in [0.717, 1.165) is 0 Å². The molecule has 6 rings (SSSR count). The van der Waals surface area contributed by atoms with Crippen LogP contribution < -0.4 is 0 Å². The third-order valence-electron chi connectivity index (χ3n) is 8.87. The summed E-state index contributed by atoms with van der Waals surface area (Å²) >= 11 is 0. The van der Waals surface area contributed by atoms with Gasteiger partial charge in [-0.25, -0.2) is 4.79 Å². The highest BCUT2D eigenvalue weighted by molar-refractivity contribution is 5.90. The average molecular weight is 410 g/mol. The summed E-state index contributed by atoms with van der Waals surface area (Å²) in [5, 5.41) is 34.9. The Labute approximate surface area is 167 Å². The summed E-state index contributed by atoms with van der Waals surface area (Å²) in [5.74, 6) is -2.48. The van der Waals surface area contributed by atoms with Crippen LogP contribution in [0.1, 0.15) is 34.1 Å². The molecule has 0 amide bonds. The van der Waals surface area contributed by atoms with E-state index in [1.807, 2.05) is 20.8 Å². The van der Waals surface area contributed by atoms with Gasteiger partial charge in [0.1, 0.15) is 17.8 Å². The smallest absolute Gasteiger partial charge is 0.343 e. The number of fused-ring (bicyclic) bond motifs is 1. The van der Waals surface area contributed by atoms with Crippen molar-refractivity contribution in [1.82, 2.24) is 0 Å². The Bertz CT molecular complexity index is 851. The minimum atomic E-state index is -1.98. The van der Waals surface area contributed by atoms with Crippen LogP contribution in [0, 0.1) is 28.1 Å². The van der Waals surface area contributed by atoms with Gasteiger partial charge in [-0.15, -0.1) is 0 Å². The fourth-order valence-corrected chi connectivity index (χ4v) is 8.38. The Morgan fingerprint density at radius 2 is 1.79 bits per heavy atom. The van der Waals surface area contributed by atoms with Crippen LogP contribution in [0.3, 0.4) is 0 Å². The fourth-order valence-electron chi connectivity index (χ4n) is 8.38. The van der Waals surface area contributed by atoms with E-state index in [9.17, 15) is 24.9 Å². The molecule has 0 bridgehead atoms. The van der Waals surface area contributed by atoms with E-state index < -0.39 is 81.9 Å². The quantitative estimate of drug-likeness (QED) is 0.435. The van der Waals surface area contributed by atoms with E-state index in [0.29, 0.717) is 0 Å². The molecule has 0 radical (unpaired) electrons. The summed E-state index contributed by atoms with van der Waals surface area (Å²) in [7, 11) is 0. The minimum absolute atomic E-state index is 0.139. The summed E-state index contributed by atoms with van der Waals surface area (Å²) < 4.78 is 23.2. The molecule has 4 heterocycles. The first-order chi connectivity index (χ1) is 13.4. The van der Waals surface area contributed by atoms with Crippen molar-refractivity contribution >= 4 is 11.9 Å². The third-order valence-corrected chi connectivity index (χ3v) is 8.87. The molecule has 9 nitrogen and oxygen atoms in total. The van der Waals surface area contributed by atoms with Crippen molar-refractivity contribution in [3.63, 3.8) is 0 Å². The van der Waals surface area contributed by atoms with Crippen LogP contribution in [0.2, 0.25) is 0 Å². The van der Waals surface area contributed by atoms with Gasteiger partial charge >= 0.3 is 11.9 Å². The van der Waals surface area contributed by atoms with Crippen LogP contribution in [-0.2, 0) is 28.5 Å². The Balaban J connectivity index is 1.72. The van der Waals surface area contributed by atoms with E-state index in [2.05, 4.69) is 0 Å². The van der Waals surface area contributed by atoms with Crippen LogP contribution in [0.25, 0.3) is 0 Å². The Kier molecular flexibility index (Phi) is 2.97. The molecule has 2 spiro atoms. The monoisotopic (exact) mass is 410 g/mol. The molecular weight excluding hydrogens is 384 g/mol. The van der Waals surface area contributed by atoms with Gasteiger partial charge in [0, 0.05) is 11.8 Å². The highest BCUT2D eigenvalue weighted by Crippen LogP contribution is 2.84. The lowest BCUT2D eigenvalue weighted by Gasteiger charge is -2.46. The van der Waals surface area contributed by atoms with Gasteiger partial charge in [0.15, 0.2) is 0 Å². The molecule has 4 saturated heterocycles. The summed E-state index contributed by atoms with van der Waals surface area (Å²) in [6.45, 7) is 7.63. The zero-order valence-corrected chi connectivity index (χ0v) is 16.7. The second-order valence-electron chi connectivity index (χ2n) is 10.8. The van der Waals surface area contributed by atoms with E-state index >= 15 is 0 Å². The summed E-state index contributed by atoms with van der Waals surface area (Å²) in [4.78, 5) is 25.9. The fraction of sp³-hybridized carbons (Fsp3) is 0.900. The lowest BCUT2D eigenvalue weighted by molar-refractivity contribution is -0.240. The SMILES string of the molecule is C[C@@H]1COC2C(O)C34C5OC(=O)C3(O[C@@H]3OC(=O)CC34[C@H](C(C)(C)C)[C@H]5O)[C@]21O. The lowest BCUT2D eigenvalue weighted by atomic mass is 9.52. The molecule has 11 atom stereocenters. The molecule has 0 aromatic rings. The van der Waals surface area contributed by atoms with Crippen molar-refractivity contribution in [2.45, 2.75) is 76.0 Å². The number of hydrogen-bond donors (Lipinski definition) is 3. The van der Waals surface area contributed by atoms with Gasteiger partial charge < -0.3 is 34.3 Å². The maximum atomic E-state index is 13.4. The maximum absolute atomic E-state index is 13.4. The van der Waals surface area contributed by atoms with Crippen LogP contribution in [0.4, 0.5) is 0 Å². The van der Waals surface area contributed by atoms with Crippen LogP contribution in [0.5, 0.6) is 0 Å². The number of aliphatic hydroxyl groups is 3. The normalized spacial score (nSPS) is 62.0. The van der Waals surface area contributed by atoms with Gasteiger partial charge in [0.2, 0.25) is 11.9 Å². The number of aliphatic hydroxyl groups excluding tert-OH is 2. The number of esters is 2. The summed E-state index contributed by atoms with van der Waals surface area (Å²) in [6, 6.07) is 0. The molecule has 6 fully saturated rings. The highest BCUT2D eigenvalue weighted by Gasteiger charge is 3.02. The molecule has 9 heteroatoms. The van der Waals surface area contributed by atoms with Gasteiger partial charge in [-0.1, -0.05) is 27.7 Å². The maximum Gasteiger partial charge on any atom is 0.343 e. The molecule has 160 valence electrons. The summed E-state index contributed by atoms with van der Waals surface area (Å²) in [5.41, 5.74) is -7.17. The summed E-state index contributed by atoms with van der Waals surface area (Å²) in [6.07, 6.45) is -6.07. The zero-order chi connectivity index (χ0) is 20.9. The Morgan fingerprint density at radius 3 is 2.45 bits per heavy atom. The van der Waals surface area contributed by atoms with Gasteiger partial charge in [0.05, 0.1) is 36.1 Å². The number of rotatable bonds is 0. The molecule has 6 aliphatic rings. The number of carbonyl (C=O) groups excluding carboxylic acids is 2. The largest absolute Gasteiger partial charge is 0.456 e. The molecule has 3 N–H and O–H groups in total. The number of hydrogen-bond acceptors (Lipinski definition) is 9. The third kappa shape index (κ3) is 1.38. The number of carbonyl (C=O) groups is 2. The molecule has 2 aliphatic carbocycles. The standard InChI is InChI=1S/C20H26O9/c1-7-6-26-13-11(23)18-12-9(22)10(16(2,3)4)17(18)5-8(21)27-15(17)29-20(18,14(24)28-12)19(7,13)25/h7,9-13,15,22-23,25H,5-6H2,1-4H3/t7-,9-,10+,11?,12?,13?,15+,17?,18?,19-,20?/m1/s1. The second kappa shape index (κ2) is 4.65. The minimum Gasteiger partial charge on any atom is -0.456 e. The molecule has 4 aliphatic heterocycles. The molecule has 29 heavy (non-hydrogen) atoms.